The monoisotopic (exact) mass is 441 g/mol. The lowest BCUT2D eigenvalue weighted by Gasteiger charge is -2.10. The first-order valence-electron chi connectivity index (χ1n) is 8.93. The summed E-state index contributed by atoms with van der Waals surface area (Å²) in [4.78, 5) is -0.223. The van der Waals surface area contributed by atoms with E-state index in [-0.39, 0.29) is 22.2 Å². The van der Waals surface area contributed by atoms with Crippen molar-refractivity contribution >= 4 is 15.7 Å². The van der Waals surface area contributed by atoms with E-state index in [0.29, 0.717) is 11.6 Å². The molecule has 0 aliphatic heterocycles. The number of ether oxygens (including phenoxy) is 2. The van der Waals surface area contributed by atoms with E-state index in [1.807, 2.05) is 0 Å². The summed E-state index contributed by atoms with van der Waals surface area (Å²) < 4.78 is 53.2. The third kappa shape index (κ3) is 4.61. The maximum Gasteiger partial charge on any atom is 0.262 e. The summed E-state index contributed by atoms with van der Waals surface area (Å²) >= 11 is 0. The Morgan fingerprint density at radius 2 is 1.84 bits per heavy atom. The molecule has 4 rings (SSSR count). The number of nitrogens with one attached hydrogen (secondary N) is 1. The Labute approximate surface area is 177 Å². The van der Waals surface area contributed by atoms with Gasteiger partial charge < -0.3 is 9.47 Å². The highest BCUT2D eigenvalue weighted by Crippen LogP contribution is 2.25. The Kier molecular flexibility index (Phi) is 5.50. The third-order valence-corrected chi connectivity index (χ3v) is 5.51. The van der Waals surface area contributed by atoms with Gasteiger partial charge in [0.2, 0.25) is 5.88 Å². The number of rotatable bonds is 7. The average molecular weight is 441 g/mol. The topological polar surface area (TPSA) is 108 Å². The van der Waals surface area contributed by atoms with Gasteiger partial charge in [-0.2, -0.15) is 5.10 Å². The summed E-state index contributed by atoms with van der Waals surface area (Å²) in [6, 6.07) is 14.7. The van der Waals surface area contributed by atoms with E-state index in [1.165, 1.54) is 31.4 Å². The molecule has 9 nitrogen and oxygen atoms in total. The van der Waals surface area contributed by atoms with Crippen LogP contribution < -0.4 is 14.2 Å². The second kappa shape index (κ2) is 8.40. The first kappa shape index (κ1) is 20.3. The van der Waals surface area contributed by atoms with Gasteiger partial charge in [-0.05, 0) is 54.6 Å². The number of hydrogen-bond acceptors (Lipinski definition) is 7. The van der Waals surface area contributed by atoms with Gasteiger partial charge in [0.15, 0.2) is 17.4 Å². The van der Waals surface area contributed by atoms with Gasteiger partial charge in [-0.25, -0.2) is 17.5 Å². The maximum absolute atomic E-state index is 13.8. The van der Waals surface area contributed by atoms with Crippen LogP contribution in [0.2, 0.25) is 0 Å². The van der Waals surface area contributed by atoms with Crippen LogP contribution in [0.25, 0.3) is 5.82 Å². The van der Waals surface area contributed by atoms with Gasteiger partial charge in [0, 0.05) is 24.1 Å². The lowest BCUT2D eigenvalue weighted by molar-refractivity contribution is 0.385. The normalized spacial score (nSPS) is 11.2. The third-order valence-electron chi connectivity index (χ3n) is 4.13. The molecule has 158 valence electrons. The lowest BCUT2D eigenvalue weighted by Crippen LogP contribution is -2.13. The molecule has 2 aromatic carbocycles. The molecule has 0 radical (unpaired) electrons. The Hall–Kier alpha value is -3.99. The smallest absolute Gasteiger partial charge is 0.262 e. The Balaban J connectivity index is 1.44. The minimum Gasteiger partial charge on any atom is -0.494 e. The van der Waals surface area contributed by atoms with Crippen molar-refractivity contribution < 1.29 is 22.3 Å². The van der Waals surface area contributed by atoms with Crippen LogP contribution in [0.15, 0.2) is 78.0 Å². The summed E-state index contributed by atoms with van der Waals surface area (Å²) in [6.07, 6.45) is 3.37. The Morgan fingerprint density at radius 3 is 2.45 bits per heavy atom. The van der Waals surface area contributed by atoms with E-state index in [2.05, 4.69) is 20.0 Å². The van der Waals surface area contributed by atoms with Crippen molar-refractivity contribution in [2.75, 3.05) is 11.8 Å². The zero-order chi connectivity index (χ0) is 21.8. The predicted molar refractivity (Wildman–Crippen MR) is 109 cm³/mol. The number of nitrogens with zero attached hydrogens (tertiary/aromatic N) is 4. The van der Waals surface area contributed by atoms with Crippen molar-refractivity contribution in [1.82, 2.24) is 20.0 Å². The molecule has 11 heteroatoms. The minimum absolute atomic E-state index is 0.0405. The van der Waals surface area contributed by atoms with Crippen molar-refractivity contribution in [1.29, 1.82) is 0 Å². The number of sulfonamides is 1. The summed E-state index contributed by atoms with van der Waals surface area (Å²) in [5.41, 5.74) is 0.281. The fraction of sp³-hybridized carbons (Fsp3) is 0.0500. The van der Waals surface area contributed by atoms with Gasteiger partial charge in [0.05, 0.1) is 12.0 Å². The van der Waals surface area contributed by atoms with Gasteiger partial charge in [-0.1, -0.05) is 0 Å². The molecule has 0 saturated carbocycles. The predicted octanol–water partition coefficient (Wildman–Crippen LogP) is 3.40. The fourth-order valence-corrected chi connectivity index (χ4v) is 3.70. The van der Waals surface area contributed by atoms with E-state index in [9.17, 15) is 12.8 Å². The van der Waals surface area contributed by atoms with Crippen LogP contribution in [0.5, 0.6) is 17.4 Å². The molecule has 0 unspecified atom stereocenters. The molecule has 0 atom stereocenters. The molecule has 2 heterocycles. The van der Waals surface area contributed by atoms with Crippen molar-refractivity contribution in [3.63, 3.8) is 0 Å². The quantitative estimate of drug-likeness (QED) is 0.468. The van der Waals surface area contributed by atoms with E-state index in [1.54, 1.807) is 47.4 Å². The fourth-order valence-electron chi connectivity index (χ4n) is 2.63. The molecule has 0 spiro atoms. The molecule has 0 fully saturated rings. The number of halogens is 1. The number of anilines is 1. The molecule has 4 aromatic rings. The minimum atomic E-state index is -3.98. The molecule has 0 saturated heterocycles. The molecular formula is C20H16FN5O4S. The van der Waals surface area contributed by atoms with E-state index >= 15 is 0 Å². The standard InChI is InChI=1S/C20H16FN5O4S/c1-29-18-8-7-16(13-17(18)21)31(27,28)25-14-3-5-15(6-4-14)30-20-10-9-19(23-24-20)26-12-2-11-22-26/h2-13,25H,1H3. The van der Waals surface area contributed by atoms with Crippen LogP contribution in [0.1, 0.15) is 0 Å². The second-order valence-corrected chi connectivity index (χ2v) is 7.89. The van der Waals surface area contributed by atoms with Crippen LogP contribution in [-0.2, 0) is 10.0 Å². The number of benzene rings is 2. The molecule has 0 aliphatic carbocycles. The van der Waals surface area contributed by atoms with Gasteiger partial charge >= 0.3 is 0 Å². The van der Waals surface area contributed by atoms with Crippen molar-refractivity contribution in [2.24, 2.45) is 0 Å². The highest BCUT2D eigenvalue weighted by Gasteiger charge is 2.17. The summed E-state index contributed by atoms with van der Waals surface area (Å²) in [5, 5.41) is 12.1. The number of hydrogen-bond donors (Lipinski definition) is 1. The molecule has 0 bridgehead atoms. The summed E-state index contributed by atoms with van der Waals surface area (Å²) in [5.74, 6) is 0.421. The Bertz CT molecular complexity index is 1280. The second-order valence-electron chi connectivity index (χ2n) is 6.21. The van der Waals surface area contributed by atoms with Crippen molar-refractivity contribution in [3.05, 3.63) is 78.9 Å². The lowest BCUT2D eigenvalue weighted by atomic mass is 10.3. The van der Waals surface area contributed by atoms with Crippen LogP contribution in [0, 0.1) is 5.82 Å². The Morgan fingerprint density at radius 1 is 1.03 bits per heavy atom. The highest BCUT2D eigenvalue weighted by atomic mass is 32.2. The van der Waals surface area contributed by atoms with Crippen LogP contribution >= 0.6 is 0 Å². The molecule has 0 aliphatic rings. The van der Waals surface area contributed by atoms with Crippen LogP contribution in [-0.4, -0.2) is 35.5 Å². The highest BCUT2D eigenvalue weighted by molar-refractivity contribution is 7.92. The molecule has 31 heavy (non-hydrogen) atoms. The maximum atomic E-state index is 13.8. The zero-order valence-electron chi connectivity index (χ0n) is 16.1. The largest absolute Gasteiger partial charge is 0.494 e. The van der Waals surface area contributed by atoms with Gasteiger partial charge in [0.1, 0.15) is 5.75 Å². The van der Waals surface area contributed by atoms with Crippen LogP contribution in [0.3, 0.4) is 0 Å². The van der Waals surface area contributed by atoms with Gasteiger partial charge in [0.25, 0.3) is 10.0 Å². The zero-order valence-corrected chi connectivity index (χ0v) is 17.0. The van der Waals surface area contributed by atoms with E-state index in [0.717, 1.165) is 6.07 Å². The molecular weight excluding hydrogens is 425 g/mol. The first-order chi connectivity index (χ1) is 14.9. The van der Waals surface area contributed by atoms with Gasteiger partial charge in [-0.15, -0.1) is 10.2 Å². The SMILES string of the molecule is COc1ccc(S(=O)(=O)Nc2ccc(Oc3ccc(-n4cccn4)nn3)cc2)cc1F. The van der Waals surface area contributed by atoms with Crippen molar-refractivity contribution in [2.45, 2.75) is 4.90 Å². The molecule has 1 N–H and O–H groups in total. The van der Waals surface area contributed by atoms with E-state index in [4.69, 9.17) is 9.47 Å². The van der Waals surface area contributed by atoms with E-state index < -0.39 is 15.8 Å². The summed E-state index contributed by atoms with van der Waals surface area (Å²) in [7, 11) is -2.68. The van der Waals surface area contributed by atoms with Crippen molar-refractivity contribution in [3.8, 4) is 23.2 Å². The first-order valence-corrected chi connectivity index (χ1v) is 10.4. The summed E-state index contributed by atoms with van der Waals surface area (Å²) in [6.45, 7) is 0. The number of aromatic nitrogens is 4. The molecule has 0 amide bonds. The molecule has 2 aromatic heterocycles. The number of methoxy groups -OCH3 is 1. The average Bonchev–Trinajstić information content (AvgIpc) is 3.30. The van der Waals surface area contributed by atoms with Gasteiger partial charge in [-0.3, -0.25) is 4.72 Å². The van der Waals surface area contributed by atoms with Crippen LogP contribution in [0.4, 0.5) is 10.1 Å².